The van der Waals surface area contributed by atoms with Gasteiger partial charge in [-0.2, -0.15) is 35.8 Å². The topological polar surface area (TPSA) is 338 Å². The summed E-state index contributed by atoms with van der Waals surface area (Å²) in [4.78, 5) is 15.4. The van der Waals surface area contributed by atoms with E-state index >= 15 is 0 Å². The molecule has 27 heteroatoms. The number of nitrogens with zero attached hydrogens (tertiary/aromatic N) is 7. The molecule has 6 aromatic carbocycles. The van der Waals surface area contributed by atoms with E-state index in [4.69, 9.17) is 23.2 Å². The first kappa shape index (κ1) is 52.1. The molecular formula is C47H31Cl2N11O10S4. The van der Waals surface area contributed by atoms with E-state index < -0.39 is 51.1 Å². The summed E-state index contributed by atoms with van der Waals surface area (Å²) in [7, 11) is -14.7. The fraction of sp³-hybridized carbons (Fsp3) is 0.0213. The van der Waals surface area contributed by atoms with Gasteiger partial charge in [0.2, 0.25) is 0 Å². The largest absolute Gasteiger partial charge is 0.339 e. The summed E-state index contributed by atoms with van der Waals surface area (Å²) in [6, 6.07) is 34.0. The van der Waals surface area contributed by atoms with Crippen molar-refractivity contribution in [3.05, 3.63) is 154 Å². The minimum absolute atomic E-state index is 0.0103. The van der Waals surface area contributed by atoms with Crippen LogP contribution in [0.2, 0.25) is 10.0 Å². The van der Waals surface area contributed by atoms with Crippen molar-refractivity contribution < 1.29 is 43.7 Å². The Morgan fingerprint density at radius 2 is 1.19 bits per heavy atom. The standard InChI is InChI=1S/C47H31Cl2N11O10S4/c1-25-35(23-50)43(53-31-18-19-37(49)40(21-31)74(68,69)70)56-44(52-29-16-12-27(48)13-17-29)42(25)58-59-45-36(24-51)41(26-10-14-30(15-11-26)55-47(61)54-28-6-3-2-4-7-28)46(71-45)60-57-32-20-34-33(39(22-32)73(65,66)67)8-5-9-38(34)72(62,63)64/h2-22H,1H3,(H2,52,53,56)(H2,54,55,61)(H,62,63,64)(H,65,66,67)(H,68,69,70). The highest BCUT2D eigenvalue weighted by molar-refractivity contribution is 7.86. The Bertz CT molecular complexity index is 4080. The van der Waals surface area contributed by atoms with Gasteiger partial charge in [0.25, 0.3) is 30.4 Å². The number of rotatable bonds is 14. The molecule has 0 atom stereocenters. The zero-order chi connectivity index (χ0) is 53.1. The monoisotopic (exact) mass is 1110 g/mol. The number of hydrogen-bond acceptors (Lipinski definition) is 17. The van der Waals surface area contributed by atoms with E-state index in [0.717, 1.165) is 35.6 Å². The minimum atomic E-state index is -5.04. The van der Waals surface area contributed by atoms with Crippen LogP contribution in [-0.2, 0) is 30.4 Å². The van der Waals surface area contributed by atoms with E-state index in [-0.39, 0.29) is 76.7 Å². The maximum atomic E-state index is 12.8. The van der Waals surface area contributed by atoms with Gasteiger partial charge in [0.05, 0.1) is 16.3 Å². The maximum Gasteiger partial charge on any atom is 0.323 e. The molecule has 0 aliphatic rings. The number of anilines is 6. The molecule has 0 aliphatic heterocycles. The highest BCUT2D eigenvalue weighted by Crippen LogP contribution is 2.49. The smallest absolute Gasteiger partial charge is 0.323 e. The average molecular weight is 1110 g/mol. The van der Waals surface area contributed by atoms with Gasteiger partial charge in [0.15, 0.2) is 16.6 Å². The molecular weight excluding hydrogens is 1080 g/mol. The second kappa shape index (κ2) is 21.1. The minimum Gasteiger partial charge on any atom is -0.339 e. The molecule has 0 unspecified atom stereocenters. The number of fused-ring (bicyclic) bond motifs is 1. The maximum absolute atomic E-state index is 12.8. The fourth-order valence-electron chi connectivity index (χ4n) is 7.18. The van der Waals surface area contributed by atoms with E-state index in [1.165, 1.54) is 43.3 Å². The molecule has 21 nitrogen and oxygen atoms in total. The Morgan fingerprint density at radius 3 is 1.82 bits per heavy atom. The van der Waals surface area contributed by atoms with Gasteiger partial charge in [0, 0.05) is 49.7 Å². The van der Waals surface area contributed by atoms with Gasteiger partial charge in [0.1, 0.15) is 43.1 Å². The Morgan fingerprint density at radius 1 is 0.595 bits per heavy atom. The highest BCUT2D eigenvalue weighted by Gasteiger charge is 2.25. The van der Waals surface area contributed by atoms with Crippen LogP contribution in [0, 0.1) is 29.6 Å². The number of para-hydroxylation sites is 1. The number of nitriles is 2. The number of nitrogens with one attached hydrogen (secondary N) is 4. The molecule has 8 aromatic rings. The van der Waals surface area contributed by atoms with Crippen molar-refractivity contribution in [1.82, 2.24) is 4.98 Å². The van der Waals surface area contributed by atoms with Gasteiger partial charge in [-0.05, 0) is 97.4 Å². The average Bonchev–Trinajstić information content (AvgIpc) is 3.70. The lowest BCUT2D eigenvalue weighted by molar-refractivity contribution is 0.262. The lowest BCUT2D eigenvalue weighted by Crippen LogP contribution is -2.19. The molecule has 74 heavy (non-hydrogen) atoms. The fourth-order valence-corrected chi connectivity index (χ4v) is 10.6. The van der Waals surface area contributed by atoms with E-state index in [1.54, 1.807) is 66.7 Å². The van der Waals surface area contributed by atoms with Crippen LogP contribution in [0.5, 0.6) is 0 Å². The molecule has 372 valence electrons. The molecule has 2 aromatic heterocycles. The third-order valence-electron chi connectivity index (χ3n) is 10.5. The molecule has 0 spiro atoms. The molecule has 7 N–H and O–H groups in total. The van der Waals surface area contributed by atoms with Gasteiger partial charge >= 0.3 is 6.03 Å². The first-order valence-corrected chi connectivity index (χ1v) is 26.7. The number of urea groups is 1. The van der Waals surface area contributed by atoms with Crippen LogP contribution >= 0.6 is 34.5 Å². The third-order valence-corrected chi connectivity index (χ3v) is 14.9. The predicted octanol–water partition coefficient (Wildman–Crippen LogP) is 13.0. The van der Waals surface area contributed by atoms with Crippen molar-refractivity contribution >= 4 is 137 Å². The van der Waals surface area contributed by atoms with Crippen molar-refractivity contribution in [3.8, 4) is 23.3 Å². The van der Waals surface area contributed by atoms with Crippen molar-refractivity contribution in [3.63, 3.8) is 0 Å². The summed E-state index contributed by atoms with van der Waals surface area (Å²) in [6.45, 7) is 1.52. The summed E-state index contributed by atoms with van der Waals surface area (Å²) >= 11 is 13.0. The van der Waals surface area contributed by atoms with E-state index in [2.05, 4.69) is 58.8 Å². The number of pyridine rings is 1. The number of hydrogen-bond donors (Lipinski definition) is 7. The predicted molar refractivity (Wildman–Crippen MR) is 278 cm³/mol. The summed E-state index contributed by atoms with van der Waals surface area (Å²) in [5, 5.41) is 49.6. The summed E-state index contributed by atoms with van der Waals surface area (Å²) in [6.07, 6.45) is 0. The second-order valence-corrected chi connectivity index (χ2v) is 21.4. The number of aromatic nitrogens is 1. The van der Waals surface area contributed by atoms with Crippen LogP contribution in [0.3, 0.4) is 0 Å². The molecule has 0 saturated carbocycles. The van der Waals surface area contributed by atoms with Crippen LogP contribution in [0.1, 0.15) is 16.7 Å². The van der Waals surface area contributed by atoms with Gasteiger partial charge in [-0.3, -0.25) is 13.7 Å². The molecule has 0 radical (unpaired) electrons. The lowest BCUT2D eigenvalue weighted by atomic mass is 10.0. The number of azo groups is 2. The van der Waals surface area contributed by atoms with E-state index in [1.807, 2.05) is 0 Å². The Balaban J connectivity index is 1.27. The van der Waals surface area contributed by atoms with E-state index in [9.17, 15) is 54.2 Å². The molecule has 8 rings (SSSR count). The van der Waals surface area contributed by atoms with Crippen LogP contribution in [0.4, 0.5) is 60.6 Å². The van der Waals surface area contributed by atoms with Crippen LogP contribution in [0.25, 0.3) is 21.9 Å². The number of halogens is 2. The number of thiophene rings is 1. The van der Waals surface area contributed by atoms with Crippen molar-refractivity contribution in [2.75, 3.05) is 21.3 Å². The Hall–Kier alpha value is -8.21. The number of amides is 2. The molecule has 0 bridgehead atoms. The van der Waals surface area contributed by atoms with Gasteiger partial charge in [-0.15, -0.1) is 20.5 Å². The Labute approximate surface area is 434 Å². The third kappa shape index (κ3) is 11.7. The first-order valence-electron chi connectivity index (χ1n) is 20.8. The van der Waals surface area contributed by atoms with Crippen molar-refractivity contribution in [1.29, 1.82) is 10.5 Å². The van der Waals surface area contributed by atoms with Crippen molar-refractivity contribution in [2.45, 2.75) is 21.6 Å². The normalized spacial score (nSPS) is 11.9. The lowest BCUT2D eigenvalue weighted by Gasteiger charge is -2.16. The molecule has 2 heterocycles. The summed E-state index contributed by atoms with van der Waals surface area (Å²) < 4.78 is 104. The Kier molecular flexibility index (Phi) is 14.9. The number of carbonyl (C=O) groups excluding carboxylic acids is 1. The van der Waals surface area contributed by atoms with Crippen LogP contribution < -0.4 is 21.3 Å². The van der Waals surface area contributed by atoms with Gasteiger partial charge < -0.3 is 21.3 Å². The number of benzene rings is 6. The molecule has 0 saturated heterocycles. The molecule has 0 aliphatic carbocycles. The van der Waals surface area contributed by atoms with Gasteiger partial charge in [-0.1, -0.05) is 77.0 Å². The highest BCUT2D eigenvalue weighted by atomic mass is 35.5. The quantitative estimate of drug-likeness (QED) is 0.0393. The van der Waals surface area contributed by atoms with E-state index in [0.29, 0.717) is 27.6 Å². The van der Waals surface area contributed by atoms with Crippen LogP contribution in [0.15, 0.2) is 163 Å². The zero-order valence-electron chi connectivity index (χ0n) is 37.3. The van der Waals surface area contributed by atoms with Crippen molar-refractivity contribution in [2.24, 2.45) is 20.5 Å². The van der Waals surface area contributed by atoms with Crippen LogP contribution in [-0.4, -0.2) is 49.9 Å². The zero-order valence-corrected chi connectivity index (χ0v) is 42.1. The van der Waals surface area contributed by atoms with Gasteiger partial charge in [-0.25, -0.2) is 9.78 Å². The first-order chi connectivity index (χ1) is 35.1. The summed E-state index contributed by atoms with van der Waals surface area (Å²) in [5.74, 6) is -0.100. The SMILES string of the molecule is Cc1c(C#N)c(Nc2ccc(Cl)c(S(=O)(=O)O)c2)nc(Nc2ccc(Cl)cc2)c1N=Nc1sc(N=Nc2cc(S(=O)(=O)O)c3cccc(S(=O)(=O)O)c3c2)c(-c2ccc(NC(=O)Nc3ccccc3)cc2)c1C#N. The molecule has 0 fully saturated rings. The molecule has 2 amide bonds. The number of carbonyl (C=O) groups is 1. The second-order valence-electron chi connectivity index (χ2n) is 15.4. The summed E-state index contributed by atoms with van der Waals surface area (Å²) in [5.41, 5.74) is 1.47.